The van der Waals surface area contributed by atoms with Gasteiger partial charge < -0.3 is 10.1 Å². The molecular formula is C20H15Cl2N3O3. The van der Waals surface area contributed by atoms with Crippen LogP contribution in [-0.4, -0.2) is 27.9 Å². The number of fused-ring (bicyclic) bond motifs is 1. The van der Waals surface area contributed by atoms with Crippen LogP contribution in [0.2, 0.25) is 10.0 Å². The fourth-order valence-electron chi connectivity index (χ4n) is 2.41. The molecule has 0 radical (unpaired) electrons. The molecule has 1 aromatic carbocycles. The summed E-state index contributed by atoms with van der Waals surface area (Å²) in [5, 5.41) is 3.97. The maximum absolute atomic E-state index is 12.2. The predicted molar refractivity (Wildman–Crippen MR) is 109 cm³/mol. The standard InChI is InChI=1S/C20H15Cl2N3O3/c1-12(20(27)25-19-16(22)10-15(21)11-24-19)28-17(26)8-7-14-5-2-4-13-6-3-9-23-18(13)14/h2-12H,1H3,(H,24,25,27)/b8-7+. The lowest BCUT2D eigenvalue weighted by Crippen LogP contribution is -2.29. The van der Waals surface area contributed by atoms with Crippen LogP contribution in [-0.2, 0) is 14.3 Å². The minimum absolute atomic E-state index is 0.135. The first-order valence-corrected chi connectivity index (χ1v) is 9.04. The van der Waals surface area contributed by atoms with Crippen LogP contribution in [0.5, 0.6) is 0 Å². The molecule has 0 aliphatic rings. The van der Waals surface area contributed by atoms with E-state index in [9.17, 15) is 9.59 Å². The maximum Gasteiger partial charge on any atom is 0.331 e. The molecule has 1 N–H and O–H groups in total. The number of pyridine rings is 2. The SMILES string of the molecule is CC(OC(=O)/C=C/c1cccc2cccnc12)C(=O)Nc1ncc(Cl)cc1Cl. The number of ether oxygens (including phenoxy) is 1. The van der Waals surface area contributed by atoms with E-state index >= 15 is 0 Å². The molecule has 0 fully saturated rings. The molecule has 0 aliphatic carbocycles. The van der Waals surface area contributed by atoms with E-state index in [1.807, 2.05) is 30.3 Å². The van der Waals surface area contributed by atoms with Crippen LogP contribution in [0.25, 0.3) is 17.0 Å². The lowest BCUT2D eigenvalue weighted by atomic mass is 10.1. The zero-order valence-corrected chi connectivity index (χ0v) is 16.2. The molecule has 0 saturated heterocycles. The number of nitrogens with zero attached hydrogens (tertiary/aromatic N) is 2. The Morgan fingerprint density at radius 1 is 1.18 bits per heavy atom. The summed E-state index contributed by atoms with van der Waals surface area (Å²) in [4.78, 5) is 32.5. The molecule has 2 aromatic heterocycles. The number of para-hydroxylation sites is 1. The van der Waals surface area contributed by atoms with Crippen molar-refractivity contribution < 1.29 is 14.3 Å². The first kappa shape index (κ1) is 19.8. The summed E-state index contributed by atoms with van der Waals surface area (Å²) >= 11 is 11.7. The van der Waals surface area contributed by atoms with Crippen LogP contribution in [0.3, 0.4) is 0 Å². The quantitative estimate of drug-likeness (QED) is 0.489. The molecule has 3 aromatic rings. The van der Waals surface area contributed by atoms with Gasteiger partial charge in [0.25, 0.3) is 5.91 Å². The third-order valence-electron chi connectivity index (χ3n) is 3.77. The smallest absolute Gasteiger partial charge is 0.331 e. The van der Waals surface area contributed by atoms with Gasteiger partial charge >= 0.3 is 5.97 Å². The molecule has 8 heteroatoms. The first-order valence-electron chi connectivity index (χ1n) is 8.28. The number of nitrogens with one attached hydrogen (secondary N) is 1. The van der Waals surface area contributed by atoms with E-state index in [0.29, 0.717) is 5.02 Å². The molecule has 0 saturated carbocycles. The largest absolute Gasteiger partial charge is 0.449 e. The van der Waals surface area contributed by atoms with Crippen molar-refractivity contribution in [3.63, 3.8) is 0 Å². The topological polar surface area (TPSA) is 81.2 Å². The summed E-state index contributed by atoms with van der Waals surface area (Å²) in [7, 11) is 0. The van der Waals surface area contributed by atoms with E-state index in [1.54, 1.807) is 12.3 Å². The van der Waals surface area contributed by atoms with Gasteiger partial charge in [-0.3, -0.25) is 9.78 Å². The summed E-state index contributed by atoms with van der Waals surface area (Å²) in [6, 6.07) is 10.9. The Balaban J connectivity index is 1.63. The van der Waals surface area contributed by atoms with Crippen molar-refractivity contribution in [3.8, 4) is 0 Å². The van der Waals surface area contributed by atoms with Gasteiger partial charge in [-0.2, -0.15) is 0 Å². The molecule has 1 amide bonds. The number of amides is 1. The Morgan fingerprint density at radius 3 is 2.75 bits per heavy atom. The number of benzene rings is 1. The Morgan fingerprint density at radius 2 is 1.96 bits per heavy atom. The predicted octanol–water partition coefficient (Wildman–Crippen LogP) is 4.52. The second-order valence-corrected chi connectivity index (χ2v) is 6.65. The van der Waals surface area contributed by atoms with Crippen molar-refractivity contribution in [3.05, 3.63) is 70.5 Å². The van der Waals surface area contributed by atoms with Crippen molar-refractivity contribution in [1.29, 1.82) is 0 Å². The molecule has 1 atom stereocenters. The monoisotopic (exact) mass is 415 g/mol. The third kappa shape index (κ3) is 4.85. The third-order valence-corrected chi connectivity index (χ3v) is 4.27. The van der Waals surface area contributed by atoms with Crippen LogP contribution < -0.4 is 5.32 Å². The molecule has 142 valence electrons. The Kier molecular flexibility index (Phi) is 6.23. The van der Waals surface area contributed by atoms with Gasteiger partial charge in [-0.05, 0) is 25.1 Å². The van der Waals surface area contributed by atoms with Gasteiger partial charge in [-0.25, -0.2) is 9.78 Å². The van der Waals surface area contributed by atoms with E-state index in [0.717, 1.165) is 16.5 Å². The lowest BCUT2D eigenvalue weighted by molar-refractivity contribution is -0.148. The molecule has 0 spiro atoms. The number of aromatic nitrogens is 2. The minimum Gasteiger partial charge on any atom is -0.449 e. The van der Waals surface area contributed by atoms with E-state index < -0.39 is 18.0 Å². The van der Waals surface area contributed by atoms with Crippen molar-refractivity contribution in [2.75, 3.05) is 5.32 Å². The fraction of sp³-hybridized carbons (Fsp3) is 0.100. The highest BCUT2D eigenvalue weighted by atomic mass is 35.5. The number of esters is 1. The highest BCUT2D eigenvalue weighted by Gasteiger charge is 2.18. The van der Waals surface area contributed by atoms with E-state index in [1.165, 1.54) is 25.3 Å². The molecule has 1 unspecified atom stereocenters. The van der Waals surface area contributed by atoms with Crippen LogP contribution >= 0.6 is 23.2 Å². The summed E-state index contributed by atoms with van der Waals surface area (Å²) in [5.41, 5.74) is 1.53. The average Bonchev–Trinajstić information content (AvgIpc) is 2.68. The number of carbonyl (C=O) groups excluding carboxylic acids is 2. The lowest BCUT2D eigenvalue weighted by Gasteiger charge is -2.12. The molecule has 0 aliphatic heterocycles. The van der Waals surface area contributed by atoms with Crippen LogP contribution in [0.15, 0.2) is 54.9 Å². The zero-order valence-electron chi connectivity index (χ0n) is 14.7. The second kappa shape index (κ2) is 8.82. The number of carbonyl (C=O) groups is 2. The summed E-state index contributed by atoms with van der Waals surface area (Å²) < 4.78 is 5.13. The van der Waals surface area contributed by atoms with Gasteiger partial charge in [0.1, 0.15) is 0 Å². The van der Waals surface area contributed by atoms with Crippen molar-refractivity contribution in [2.45, 2.75) is 13.0 Å². The fourth-order valence-corrected chi connectivity index (χ4v) is 2.84. The van der Waals surface area contributed by atoms with E-state index in [-0.39, 0.29) is 10.8 Å². The molecule has 0 bridgehead atoms. The van der Waals surface area contributed by atoms with Gasteiger partial charge in [0.15, 0.2) is 11.9 Å². The normalized spacial score (nSPS) is 12.1. The molecule has 2 heterocycles. The average molecular weight is 416 g/mol. The van der Waals surface area contributed by atoms with Crippen molar-refractivity contribution in [1.82, 2.24) is 9.97 Å². The summed E-state index contributed by atoms with van der Waals surface area (Å²) in [5.74, 6) is -1.09. The van der Waals surface area contributed by atoms with Crippen LogP contribution in [0.1, 0.15) is 12.5 Å². The van der Waals surface area contributed by atoms with Gasteiger partial charge in [0.2, 0.25) is 0 Å². The van der Waals surface area contributed by atoms with E-state index in [4.69, 9.17) is 27.9 Å². The first-order chi connectivity index (χ1) is 13.4. The number of hydrogen-bond acceptors (Lipinski definition) is 5. The Hall–Kier alpha value is -2.96. The van der Waals surface area contributed by atoms with Gasteiger partial charge in [-0.15, -0.1) is 0 Å². The summed E-state index contributed by atoms with van der Waals surface area (Å²) in [6.07, 6.45) is 4.83. The van der Waals surface area contributed by atoms with Crippen molar-refractivity contribution >= 4 is 57.9 Å². The van der Waals surface area contributed by atoms with Crippen molar-refractivity contribution in [2.24, 2.45) is 0 Å². The second-order valence-electron chi connectivity index (χ2n) is 5.81. The number of rotatable bonds is 5. The van der Waals surface area contributed by atoms with Crippen LogP contribution in [0.4, 0.5) is 5.82 Å². The highest BCUT2D eigenvalue weighted by molar-refractivity contribution is 6.36. The molecular weight excluding hydrogens is 401 g/mol. The molecule has 3 rings (SSSR count). The molecule has 6 nitrogen and oxygen atoms in total. The number of halogens is 2. The summed E-state index contributed by atoms with van der Waals surface area (Å²) in [6.45, 7) is 1.45. The Labute approximate surface area is 171 Å². The van der Waals surface area contributed by atoms with Gasteiger partial charge in [0, 0.05) is 29.4 Å². The van der Waals surface area contributed by atoms with Gasteiger partial charge in [-0.1, -0.05) is 47.5 Å². The number of anilines is 1. The van der Waals surface area contributed by atoms with Gasteiger partial charge in [0.05, 0.1) is 15.6 Å². The zero-order chi connectivity index (χ0) is 20.1. The van der Waals surface area contributed by atoms with E-state index in [2.05, 4.69) is 15.3 Å². The Bertz CT molecular complexity index is 1060. The highest BCUT2D eigenvalue weighted by Crippen LogP contribution is 2.22. The minimum atomic E-state index is -1.05. The molecule has 28 heavy (non-hydrogen) atoms. The number of hydrogen-bond donors (Lipinski definition) is 1. The van der Waals surface area contributed by atoms with Crippen LogP contribution in [0, 0.1) is 0 Å². The maximum atomic E-state index is 12.2.